The Hall–Kier alpha value is -1.65. The molecule has 1 aromatic rings. The molecule has 0 radical (unpaired) electrons. The SMILES string of the molecule is CCOc1cc(CC(C)C)nc(C(=O)O)n1. The fraction of sp³-hybridized carbons (Fsp3) is 0.545. The Morgan fingerprint density at radius 3 is 2.69 bits per heavy atom. The molecule has 5 heteroatoms. The highest BCUT2D eigenvalue weighted by Crippen LogP contribution is 2.13. The highest BCUT2D eigenvalue weighted by molar-refractivity contribution is 5.83. The summed E-state index contributed by atoms with van der Waals surface area (Å²) >= 11 is 0. The molecule has 0 aliphatic carbocycles. The molecule has 1 heterocycles. The van der Waals surface area contributed by atoms with E-state index in [1.165, 1.54) is 0 Å². The number of carboxylic acid groups (broad SMARTS) is 1. The molecule has 1 N–H and O–H groups in total. The summed E-state index contributed by atoms with van der Waals surface area (Å²) in [4.78, 5) is 18.6. The van der Waals surface area contributed by atoms with Crippen LogP contribution in [-0.4, -0.2) is 27.7 Å². The molecular formula is C11H16N2O3. The Bertz CT molecular complexity index is 377. The van der Waals surface area contributed by atoms with Gasteiger partial charge in [-0.25, -0.2) is 9.78 Å². The first kappa shape index (κ1) is 12.4. The lowest BCUT2D eigenvalue weighted by Crippen LogP contribution is -2.10. The number of hydrogen-bond donors (Lipinski definition) is 1. The minimum absolute atomic E-state index is 0.207. The van der Waals surface area contributed by atoms with E-state index in [0.29, 0.717) is 30.5 Å². The second-order valence-electron chi connectivity index (χ2n) is 3.86. The molecule has 0 saturated carbocycles. The number of rotatable bonds is 5. The van der Waals surface area contributed by atoms with Gasteiger partial charge in [0.15, 0.2) is 0 Å². The van der Waals surface area contributed by atoms with Crippen molar-refractivity contribution >= 4 is 5.97 Å². The van der Waals surface area contributed by atoms with Crippen LogP contribution in [0.3, 0.4) is 0 Å². The Morgan fingerprint density at radius 1 is 1.50 bits per heavy atom. The lowest BCUT2D eigenvalue weighted by molar-refractivity contribution is 0.0681. The van der Waals surface area contributed by atoms with E-state index in [0.717, 1.165) is 0 Å². The molecular weight excluding hydrogens is 208 g/mol. The van der Waals surface area contributed by atoms with Crippen LogP contribution >= 0.6 is 0 Å². The third-order valence-corrected chi connectivity index (χ3v) is 1.86. The highest BCUT2D eigenvalue weighted by atomic mass is 16.5. The summed E-state index contributed by atoms with van der Waals surface area (Å²) in [5, 5.41) is 8.86. The minimum Gasteiger partial charge on any atom is -0.478 e. The van der Waals surface area contributed by atoms with E-state index in [4.69, 9.17) is 9.84 Å². The van der Waals surface area contributed by atoms with E-state index in [9.17, 15) is 4.79 Å². The maximum atomic E-state index is 10.8. The summed E-state index contributed by atoms with van der Waals surface area (Å²) < 4.78 is 5.20. The van der Waals surface area contributed by atoms with Crippen molar-refractivity contribution in [3.8, 4) is 5.88 Å². The zero-order valence-electron chi connectivity index (χ0n) is 9.73. The molecule has 1 rings (SSSR count). The van der Waals surface area contributed by atoms with Crippen LogP contribution < -0.4 is 4.74 Å². The molecule has 0 aliphatic heterocycles. The van der Waals surface area contributed by atoms with Gasteiger partial charge in [0, 0.05) is 11.8 Å². The van der Waals surface area contributed by atoms with Crippen LogP contribution in [0.2, 0.25) is 0 Å². The summed E-state index contributed by atoms with van der Waals surface area (Å²) in [5.74, 6) is -0.607. The predicted molar refractivity (Wildman–Crippen MR) is 58.7 cm³/mol. The Balaban J connectivity index is 3.03. The lowest BCUT2D eigenvalue weighted by atomic mass is 10.1. The quantitative estimate of drug-likeness (QED) is 0.825. The Morgan fingerprint density at radius 2 is 2.19 bits per heavy atom. The molecule has 16 heavy (non-hydrogen) atoms. The summed E-state index contributed by atoms with van der Waals surface area (Å²) in [5.41, 5.74) is 0.700. The van der Waals surface area contributed by atoms with E-state index < -0.39 is 5.97 Å². The Labute approximate surface area is 94.5 Å². The molecule has 0 bridgehead atoms. The molecule has 0 saturated heterocycles. The monoisotopic (exact) mass is 224 g/mol. The first-order valence-corrected chi connectivity index (χ1v) is 5.27. The minimum atomic E-state index is -1.13. The van der Waals surface area contributed by atoms with E-state index in [1.54, 1.807) is 6.07 Å². The molecule has 0 atom stereocenters. The molecule has 5 nitrogen and oxygen atoms in total. The normalized spacial score (nSPS) is 10.5. The molecule has 0 amide bonds. The van der Waals surface area contributed by atoms with Crippen LogP contribution in [0.15, 0.2) is 6.07 Å². The van der Waals surface area contributed by atoms with Crippen LogP contribution in [0.1, 0.15) is 37.1 Å². The fourth-order valence-electron chi connectivity index (χ4n) is 1.31. The lowest BCUT2D eigenvalue weighted by Gasteiger charge is -2.07. The molecule has 1 aromatic heterocycles. The van der Waals surface area contributed by atoms with Crippen LogP contribution in [-0.2, 0) is 6.42 Å². The largest absolute Gasteiger partial charge is 0.478 e. The van der Waals surface area contributed by atoms with Gasteiger partial charge in [0.25, 0.3) is 0 Å². The topological polar surface area (TPSA) is 72.3 Å². The second-order valence-corrected chi connectivity index (χ2v) is 3.86. The van der Waals surface area contributed by atoms with Crippen LogP contribution in [0.5, 0.6) is 5.88 Å². The number of ether oxygens (including phenoxy) is 1. The van der Waals surface area contributed by atoms with Gasteiger partial charge in [-0.3, -0.25) is 0 Å². The van der Waals surface area contributed by atoms with Crippen LogP contribution in [0, 0.1) is 5.92 Å². The van der Waals surface area contributed by atoms with Gasteiger partial charge in [-0.15, -0.1) is 0 Å². The summed E-state index contributed by atoms with van der Waals surface area (Å²) in [7, 11) is 0. The van der Waals surface area contributed by atoms with E-state index in [1.807, 2.05) is 20.8 Å². The smallest absolute Gasteiger partial charge is 0.374 e. The van der Waals surface area contributed by atoms with Crippen molar-refractivity contribution < 1.29 is 14.6 Å². The van der Waals surface area contributed by atoms with Gasteiger partial charge in [0.2, 0.25) is 11.7 Å². The molecule has 0 unspecified atom stereocenters. The zero-order valence-corrected chi connectivity index (χ0v) is 9.73. The van der Waals surface area contributed by atoms with Crippen molar-refractivity contribution in [2.45, 2.75) is 27.2 Å². The average molecular weight is 224 g/mol. The number of aromatic nitrogens is 2. The number of aromatic carboxylic acids is 1. The van der Waals surface area contributed by atoms with Gasteiger partial charge in [-0.05, 0) is 19.3 Å². The number of hydrogen-bond acceptors (Lipinski definition) is 4. The maximum Gasteiger partial charge on any atom is 0.374 e. The third kappa shape index (κ3) is 3.49. The third-order valence-electron chi connectivity index (χ3n) is 1.86. The van der Waals surface area contributed by atoms with Gasteiger partial charge in [0.1, 0.15) is 0 Å². The molecule has 0 spiro atoms. The van der Waals surface area contributed by atoms with Gasteiger partial charge >= 0.3 is 5.97 Å². The molecule has 88 valence electrons. The van der Waals surface area contributed by atoms with Crippen LogP contribution in [0.4, 0.5) is 0 Å². The number of nitrogens with zero attached hydrogens (tertiary/aromatic N) is 2. The van der Waals surface area contributed by atoms with Gasteiger partial charge < -0.3 is 9.84 Å². The van der Waals surface area contributed by atoms with Crippen molar-refractivity contribution in [3.05, 3.63) is 17.6 Å². The number of carboxylic acids is 1. The first-order valence-electron chi connectivity index (χ1n) is 5.27. The summed E-state index contributed by atoms with van der Waals surface area (Å²) in [6.07, 6.45) is 0.711. The van der Waals surface area contributed by atoms with E-state index in [-0.39, 0.29) is 5.82 Å². The summed E-state index contributed by atoms with van der Waals surface area (Å²) in [6.45, 7) is 6.37. The van der Waals surface area contributed by atoms with Gasteiger partial charge in [-0.1, -0.05) is 13.8 Å². The van der Waals surface area contributed by atoms with Crippen LogP contribution in [0.25, 0.3) is 0 Å². The second kappa shape index (κ2) is 5.44. The van der Waals surface area contributed by atoms with Gasteiger partial charge in [0.05, 0.1) is 6.61 Å². The molecule has 0 aliphatic rings. The molecule has 0 aromatic carbocycles. The zero-order chi connectivity index (χ0) is 12.1. The Kier molecular flexibility index (Phi) is 4.22. The predicted octanol–water partition coefficient (Wildman–Crippen LogP) is 1.77. The van der Waals surface area contributed by atoms with Crippen molar-refractivity contribution in [2.24, 2.45) is 5.92 Å². The van der Waals surface area contributed by atoms with Crippen molar-refractivity contribution in [1.82, 2.24) is 9.97 Å². The van der Waals surface area contributed by atoms with Crippen molar-refractivity contribution in [1.29, 1.82) is 0 Å². The van der Waals surface area contributed by atoms with Crippen molar-refractivity contribution in [3.63, 3.8) is 0 Å². The number of carbonyl (C=O) groups is 1. The van der Waals surface area contributed by atoms with Gasteiger partial charge in [-0.2, -0.15) is 4.98 Å². The van der Waals surface area contributed by atoms with Crippen molar-refractivity contribution in [2.75, 3.05) is 6.61 Å². The first-order chi connectivity index (χ1) is 7.52. The standard InChI is InChI=1S/C11H16N2O3/c1-4-16-9-6-8(5-7(2)3)12-10(13-9)11(14)15/h6-7H,4-5H2,1-3H3,(H,14,15). The molecule has 0 fully saturated rings. The average Bonchev–Trinajstić information content (AvgIpc) is 2.16. The fourth-order valence-corrected chi connectivity index (χ4v) is 1.31. The highest BCUT2D eigenvalue weighted by Gasteiger charge is 2.12. The summed E-state index contributed by atoms with van der Waals surface area (Å²) in [6, 6.07) is 1.69. The maximum absolute atomic E-state index is 10.8. The van der Waals surface area contributed by atoms with E-state index in [2.05, 4.69) is 9.97 Å². The van der Waals surface area contributed by atoms with E-state index >= 15 is 0 Å².